The van der Waals surface area contributed by atoms with Gasteiger partial charge in [-0.15, -0.1) is 0 Å². The number of carbonyl (C=O) groups excluding carboxylic acids is 4. The first-order valence-corrected chi connectivity index (χ1v) is 11.6. The van der Waals surface area contributed by atoms with E-state index in [2.05, 4.69) is 0 Å². The van der Waals surface area contributed by atoms with Crippen molar-refractivity contribution in [1.29, 1.82) is 0 Å². The Labute approximate surface area is 216 Å². The number of Topliss-reactive ketones (excluding diaryl/α,β-unsaturated/α-hetero) is 4. The molecular formula is C31H29NO5. The van der Waals surface area contributed by atoms with Gasteiger partial charge in [0, 0.05) is 28.8 Å². The van der Waals surface area contributed by atoms with E-state index in [0.717, 1.165) is 0 Å². The summed E-state index contributed by atoms with van der Waals surface area (Å²) >= 11 is 0. The molecule has 0 radical (unpaired) electrons. The number of benzene rings is 4. The first kappa shape index (κ1) is 28.7. The first-order chi connectivity index (χ1) is 17.8. The summed E-state index contributed by atoms with van der Waals surface area (Å²) in [6, 6.07) is 34.3. The van der Waals surface area contributed by atoms with Crippen molar-refractivity contribution in [3.8, 4) is 0 Å². The summed E-state index contributed by atoms with van der Waals surface area (Å²) in [6.07, 6.45) is -0.338. The van der Waals surface area contributed by atoms with Gasteiger partial charge in [0.05, 0.1) is 6.10 Å². The molecule has 0 spiro atoms. The van der Waals surface area contributed by atoms with E-state index < -0.39 is 23.1 Å². The van der Waals surface area contributed by atoms with E-state index in [-0.39, 0.29) is 6.10 Å². The summed E-state index contributed by atoms with van der Waals surface area (Å²) in [5.41, 5.74) is 6.63. The molecule has 37 heavy (non-hydrogen) atoms. The van der Waals surface area contributed by atoms with E-state index in [1.165, 1.54) is 0 Å². The van der Waals surface area contributed by atoms with Gasteiger partial charge in [0.15, 0.2) is 0 Å². The Morgan fingerprint density at radius 3 is 0.811 bits per heavy atom. The highest BCUT2D eigenvalue weighted by molar-refractivity contribution is 6.49. The number of aliphatic hydroxyl groups is 1. The summed E-state index contributed by atoms with van der Waals surface area (Å²) in [5, 5.41) is 8.24. The van der Waals surface area contributed by atoms with Crippen LogP contribution in [0.3, 0.4) is 0 Å². The number of hydrogen-bond acceptors (Lipinski definition) is 6. The second-order valence-corrected chi connectivity index (χ2v) is 7.87. The minimum Gasteiger partial charge on any atom is -0.392 e. The quantitative estimate of drug-likeness (QED) is 0.280. The third-order valence-corrected chi connectivity index (χ3v) is 4.90. The zero-order valence-corrected chi connectivity index (χ0v) is 20.5. The van der Waals surface area contributed by atoms with Crippen LogP contribution >= 0.6 is 0 Å². The third-order valence-electron chi connectivity index (χ3n) is 4.90. The van der Waals surface area contributed by atoms with Gasteiger partial charge in [0.25, 0.3) is 0 Å². The van der Waals surface area contributed by atoms with E-state index in [1.54, 1.807) is 104 Å². The lowest BCUT2D eigenvalue weighted by molar-refractivity contribution is 0.0817. The molecule has 4 rings (SSSR count). The van der Waals surface area contributed by atoms with Crippen molar-refractivity contribution >= 4 is 23.1 Å². The topological polar surface area (TPSA) is 115 Å². The van der Waals surface area contributed by atoms with Crippen molar-refractivity contribution in [2.75, 3.05) is 6.54 Å². The fourth-order valence-corrected chi connectivity index (χ4v) is 2.88. The lowest BCUT2D eigenvalue weighted by atomic mass is 10.0. The molecule has 188 valence electrons. The molecule has 4 aromatic rings. The lowest BCUT2D eigenvalue weighted by Gasteiger charge is -1.99. The Kier molecular flexibility index (Phi) is 12.0. The van der Waals surface area contributed by atoms with E-state index >= 15 is 0 Å². The van der Waals surface area contributed by atoms with Crippen LogP contribution in [0.5, 0.6) is 0 Å². The van der Waals surface area contributed by atoms with Gasteiger partial charge >= 0.3 is 0 Å². The van der Waals surface area contributed by atoms with Crippen LogP contribution in [0.1, 0.15) is 48.4 Å². The molecule has 0 amide bonds. The summed E-state index contributed by atoms with van der Waals surface area (Å²) in [6.45, 7) is 2.01. The van der Waals surface area contributed by atoms with Crippen LogP contribution in [0, 0.1) is 0 Å². The second kappa shape index (κ2) is 15.5. The molecular weight excluding hydrogens is 466 g/mol. The van der Waals surface area contributed by atoms with Crippen molar-refractivity contribution in [2.24, 2.45) is 5.73 Å². The van der Waals surface area contributed by atoms with E-state index in [9.17, 15) is 19.2 Å². The van der Waals surface area contributed by atoms with Crippen LogP contribution in [0.2, 0.25) is 0 Å². The Balaban J connectivity index is 0.000000221. The van der Waals surface area contributed by atoms with Crippen molar-refractivity contribution in [1.82, 2.24) is 0 Å². The molecule has 0 aliphatic carbocycles. The Bertz CT molecular complexity index is 1070. The molecule has 6 heteroatoms. The molecule has 0 aromatic heterocycles. The fourth-order valence-electron chi connectivity index (χ4n) is 2.88. The number of nitrogens with two attached hydrogens (primary N) is 1. The number of carbonyl (C=O) groups is 4. The Morgan fingerprint density at radius 2 is 0.676 bits per heavy atom. The average Bonchev–Trinajstić information content (AvgIpc) is 2.98. The van der Waals surface area contributed by atoms with Crippen molar-refractivity contribution in [3.63, 3.8) is 0 Å². The number of hydrogen-bond donors (Lipinski definition) is 2. The molecule has 6 nitrogen and oxygen atoms in total. The second-order valence-electron chi connectivity index (χ2n) is 7.87. The van der Waals surface area contributed by atoms with Crippen LogP contribution in [0.4, 0.5) is 0 Å². The van der Waals surface area contributed by atoms with Gasteiger partial charge in [-0.2, -0.15) is 0 Å². The third kappa shape index (κ3) is 9.57. The van der Waals surface area contributed by atoms with Crippen LogP contribution < -0.4 is 5.73 Å². The number of ketones is 4. The molecule has 1 atom stereocenters. The molecule has 4 aromatic carbocycles. The zero-order chi connectivity index (χ0) is 27.0. The maximum absolute atomic E-state index is 11.8. The summed E-state index contributed by atoms with van der Waals surface area (Å²) in [4.78, 5) is 47.2. The minimum absolute atomic E-state index is 0.338. The zero-order valence-electron chi connectivity index (χ0n) is 20.5. The summed E-state index contributed by atoms with van der Waals surface area (Å²) < 4.78 is 0. The standard InChI is InChI=1S/2C14H10O2.C3H9NO/c2*15-13(11-7-3-1-4-8-11)14(16)12-9-5-2-6-10-12;1-3(5)2-4/h2*1-10H;3,5H,2,4H2,1H3. The molecule has 0 saturated carbocycles. The van der Waals surface area contributed by atoms with Gasteiger partial charge in [0.1, 0.15) is 0 Å². The van der Waals surface area contributed by atoms with Crippen LogP contribution in [-0.2, 0) is 0 Å². The van der Waals surface area contributed by atoms with Gasteiger partial charge in [-0.05, 0) is 6.92 Å². The largest absolute Gasteiger partial charge is 0.392 e. The van der Waals surface area contributed by atoms with E-state index in [0.29, 0.717) is 28.8 Å². The molecule has 0 fully saturated rings. The molecule has 1 unspecified atom stereocenters. The SMILES string of the molecule is CC(O)CN.O=C(C(=O)c1ccccc1)c1ccccc1.O=C(C(=O)c1ccccc1)c1ccccc1. The highest BCUT2D eigenvalue weighted by Gasteiger charge is 2.18. The van der Waals surface area contributed by atoms with Gasteiger partial charge in [-0.25, -0.2) is 0 Å². The van der Waals surface area contributed by atoms with Gasteiger partial charge in [-0.3, -0.25) is 19.2 Å². The van der Waals surface area contributed by atoms with E-state index in [1.807, 2.05) is 24.3 Å². The normalized spacial score (nSPS) is 10.5. The Hall–Kier alpha value is -4.52. The maximum atomic E-state index is 11.8. The predicted octanol–water partition coefficient (Wildman–Crippen LogP) is 4.83. The van der Waals surface area contributed by atoms with Gasteiger partial charge in [0.2, 0.25) is 23.1 Å². The molecule has 0 aliphatic heterocycles. The summed E-state index contributed by atoms with van der Waals surface area (Å²) in [5.74, 6) is -1.86. The lowest BCUT2D eigenvalue weighted by Crippen LogP contribution is -2.14. The van der Waals surface area contributed by atoms with Crippen molar-refractivity contribution in [2.45, 2.75) is 13.0 Å². The molecule has 0 saturated heterocycles. The van der Waals surface area contributed by atoms with Crippen LogP contribution in [0.25, 0.3) is 0 Å². The monoisotopic (exact) mass is 495 g/mol. The average molecular weight is 496 g/mol. The highest BCUT2D eigenvalue weighted by Crippen LogP contribution is 2.08. The fraction of sp³-hybridized carbons (Fsp3) is 0.0968. The first-order valence-electron chi connectivity index (χ1n) is 11.6. The van der Waals surface area contributed by atoms with E-state index in [4.69, 9.17) is 10.8 Å². The maximum Gasteiger partial charge on any atom is 0.233 e. The number of aliphatic hydroxyl groups excluding tert-OH is 1. The summed E-state index contributed by atoms with van der Waals surface area (Å²) in [7, 11) is 0. The highest BCUT2D eigenvalue weighted by atomic mass is 16.3. The van der Waals surface area contributed by atoms with Gasteiger partial charge in [-0.1, -0.05) is 121 Å². The van der Waals surface area contributed by atoms with Crippen molar-refractivity contribution < 1.29 is 24.3 Å². The number of rotatable bonds is 7. The molecule has 3 N–H and O–H groups in total. The molecule has 0 heterocycles. The predicted molar refractivity (Wildman–Crippen MR) is 144 cm³/mol. The molecule has 0 aliphatic rings. The van der Waals surface area contributed by atoms with Crippen LogP contribution in [-0.4, -0.2) is 40.9 Å². The Morgan fingerprint density at radius 1 is 0.514 bits per heavy atom. The molecule has 0 bridgehead atoms. The van der Waals surface area contributed by atoms with Gasteiger partial charge < -0.3 is 10.8 Å². The minimum atomic E-state index is -0.466. The smallest absolute Gasteiger partial charge is 0.233 e. The van der Waals surface area contributed by atoms with Crippen LogP contribution in [0.15, 0.2) is 121 Å². The van der Waals surface area contributed by atoms with Crippen molar-refractivity contribution in [3.05, 3.63) is 144 Å².